The number of aromatic nitrogens is 2. The molecule has 23 heavy (non-hydrogen) atoms. The molecule has 0 bridgehead atoms. The second kappa shape index (κ2) is 6.48. The molecule has 0 aliphatic heterocycles. The van der Waals surface area contributed by atoms with E-state index >= 15 is 0 Å². The van der Waals surface area contributed by atoms with Crippen LogP contribution in [0.2, 0.25) is 0 Å². The molecule has 0 aliphatic carbocycles. The van der Waals surface area contributed by atoms with Crippen molar-refractivity contribution in [1.29, 1.82) is 0 Å². The number of anilines is 2. The van der Waals surface area contributed by atoms with Gasteiger partial charge < -0.3 is 9.88 Å². The number of carbonyl (C=O) groups excluding carboxylic acids is 1. The summed E-state index contributed by atoms with van der Waals surface area (Å²) in [4.78, 5) is 16.6. The van der Waals surface area contributed by atoms with E-state index < -0.39 is 11.8 Å². The molecule has 0 saturated carbocycles. The largest absolute Gasteiger partial charge is 0.326 e. The number of carbonyl (C=O) groups is 1. The van der Waals surface area contributed by atoms with Crippen molar-refractivity contribution in [1.82, 2.24) is 9.55 Å². The first-order valence-corrected chi connectivity index (χ1v) is 7.46. The van der Waals surface area contributed by atoms with E-state index in [-0.39, 0.29) is 0 Å². The second-order valence-electron chi connectivity index (χ2n) is 5.17. The molecule has 118 valence electrons. The van der Waals surface area contributed by atoms with Crippen LogP contribution in [-0.4, -0.2) is 15.6 Å². The van der Waals surface area contributed by atoms with Gasteiger partial charge in [0, 0.05) is 12.2 Å². The van der Waals surface area contributed by atoms with Crippen LogP contribution in [-0.2, 0) is 6.54 Å². The Kier molecular flexibility index (Phi) is 4.23. The summed E-state index contributed by atoms with van der Waals surface area (Å²) in [6.45, 7) is 2.81. The summed E-state index contributed by atoms with van der Waals surface area (Å²) < 4.78 is 15.1. The minimum absolute atomic E-state index is 0.389. The molecule has 0 radical (unpaired) electrons. The van der Waals surface area contributed by atoms with Gasteiger partial charge in [-0.15, -0.1) is 0 Å². The molecule has 2 N–H and O–H groups in total. The van der Waals surface area contributed by atoms with Gasteiger partial charge in [0.25, 0.3) is 0 Å². The van der Waals surface area contributed by atoms with E-state index in [4.69, 9.17) is 0 Å². The first-order chi connectivity index (χ1) is 11.2. The first kappa shape index (κ1) is 15.0. The molecule has 6 heteroatoms. The van der Waals surface area contributed by atoms with Gasteiger partial charge in [0.15, 0.2) is 0 Å². The average molecular weight is 312 g/mol. The number of nitrogens with one attached hydrogen (secondary N) is 2. The van der Waals surface area contributed by atoms with Gasteiger partial charge in [0.2, 0.25) is 5.95 Å². The van der Waals surface area contributed by atoms with Gasteiger partial charge in [-0.2, -0.15) is 0 Å². The number of nitrogens with zero attached hydrogens (tertiary/aromatic N) is 2. The third-order valence-corrected chi connectivity index (χ3v) is 3.41. The standard InChI is InChI=1S/C17H17FN4O/c1-2-10-22-15-9-4-3-8-14(15)20-16(22)21-17(23)19-13-7-5-6-12(18)11-13/h3-9,11H,2,10H2,1H3,(H2,19,20,21,23). The van der Waals surface area contributed by atoms with E-state index in [0.717, 1.165) is 24.0 Å². The number of urea groups is 1. The Labute approximate surface area is 133 Å². The predicted molar refractivity (Wildman–Crippen MR) is 89.1 cm³/mol. The van der Waals surface area contributed by atoms with E-state index in [1.54, 1.807) is 6.07 Å². The fourth-order valence-electron chi connectivity index (χ4n) is 2.45. The molecular weight excluding hydrogens is 295 g/mol. The second-order valence-corrected chi connectivity index (χ2v) is 5.17. The molecule has 2 amide bonds. The Bertz CT molecular complexity index is 843. The predicted octanol–water partition coefficient (Wildman–Crippen LogP) is 4.23. The van der Waals surface area contributed by atoms with Crippen LogP contribution in [0.3, 0.4) is 0 Å². The summed E-state index contributed by atoms with van der Waals surface area (Å²) in [6, 6.07) is 13.0. The molecule has 3 aromatic rings. The van der Waals surface area contributed by atoms with Gasteiger partial charge in [-0.25, -0.2) is 14.2 Å². The van der Waals surface area contributed by atoms with Gasteiger partial charge in [-0.05, 0) is 36.8 Å². The van der Waals surface area contributed by atoms with Crippen LogP contribution in [0.1, 0.15) is 13.3 Å². The molecule has 2 aromatic carbocycles. The number of imidazole rings is 1. The lowest BCUT2D eigenvalue weighted by molar-refractivity contribution is 0.262. The number of rotatable bonds is 4. The highest BCUT2D eigenvalue weighted by molar-refractivity contribution is 5.99. The van der Waals surface area contributed by atoms with Crippen molar-refractivity contribution in [2.24, 2.45) is 0 Å². The summed E-state index contributed by atoms with van der Waals surface area (Å²) in [7, 11) is 0. The van der Waals surface area contributed by atoms with Crippen molar-refractivity contribution in [2.75, 3.05) is 10.6 Å². The third-order valence-electron chi connectivity index (χ3n) is 3.41. The Morgan fingerprint density at radius 1 is 1.17 bits per heavy atom. The lowest BCUT2D eigenvalue weighted by Gasteiger charge is -2.10. The fraction of sp³-hybridized carbons (Fsp3) is 0.176. The molecule has 5 nitrogen and oxygen atoms in total. The first-order valence-electron chi connectivity index (χ1n) is 7.46. The van der Waals surface area contributed by atoms with E-state index in [0.29, 0.717) is 11.6 Å². The van der Waals surface area contributed by atoms with Crippen LogP contribution in [0.25, 0.3) is 11.0 Å². The maximum Gasteiger partial charge on any atom is 0.326 e. The molecule has 0 unspecified atom stereocenters. The normalized spacial score (nSPS) is 10.7. The van der Waals surface area contributed by atoms with Crippen LogP contribution in [0.5, 0.6) is 0 Å². The topological polar surface area (TPSA) is 59.0 Å². The summed E-state index contributed by atoms with van der Waals surface area (Å²) >= 11 is 0. The molecule has 0 fully saturated rings. The quantitative estimate of drug-likeness (QED) is 0.757. The number of benzene rings is 2. The van der Waals surface area contributed by atoms with Gasteiger partial charge in [-0.1, -0.05) is 25.1 Å². The number of para-hydroxylation sites is 2. The summed E-state index contributed by atoms with van der Waals surface area (Å²) in [5.74, 6) is 0.0722. The molecule has 0 saturated heterocycles. The van der Waals surface area contributed by atoms with Crippen LogP contribution in [0, 0.1) is 5.82 Å². The Morgan fingerprint density at radius 3 is 2.78 bits per heavy atom. The van der Waals surface area contributed by atoms with Crippen molar-refractivity contribution >= 4 is 28.7 Å². The molecule has 0 spiro atoms. The van der Waals surface area contributed by atoms with Crippen LogP contribution in [0.15, 0.2) is 48.5 Å². The smallest absolute Gasteiger partial charge is 0.310 e. The molecule has 1 aromatic heterocycles. The van der Waals surface area contributed by atoms with Gasteiger partial charge in [-0.3, -0.25) is 5.32 Å². The van der Waals surface area contributed by atoms with Crippen molar-refractivity contribution < 1.29 is 9.18 Å². The highest BCUT2D eigenvalue weighted by Crippen LogP contribution is 2.20. The minimum atomic E-state index is -0.455. The number of hydrogen-bond donors (Lipinski definition) is 2. The van der Waals surface area contributed by atoms with Gasteiger partial charge >= 0.3 is 6.03 Å². The third kappa shape index (κ3) is 3.31. The van der Waals surface area contributed by atoms with Crippen LogP contribution in [0.4, 0.5) is 20.8 Å². The monoisotopic (exact) mass is 312 g/mol. The van der Waals surface area contributed by atoms with E-state index in [1.165, 1.54) is 18.2 Å². The van der Waals surface area contributed by atoms with E-state index in [2.05, 4.69) is 22.5 Å². The molecular formula is C17H17FN4O. The Hall–Kier alpha value is -2.89. The molecule has 0 atom stereocenters. The van der Waals surface area contributed by atoms with Crippen molar-refractivity contribution in [2.45, 2.75) is 19.9 Å². The fourth-order valence-corrected chi connectivity index (χ4v) is 2.45. The van der Waals surface area contributed by atoms with Crippen LogP contribution < -0.4 is 10.6 Å². The van der Waals surface area contributed by atoms with Crippen molar-refractivity contribution in [3.63, 3.8) is 0 Å². The maximum absolute atomic E-state index is 13.2. The number of amides is 2. The highest BCUT2D eigenvalue weighted by Gasteiger charge is 2.12. The SMILES string of the molecule is CCCn1c(NC(=O)Nc2cccc(F)c2)nc2ccccc21. The number of aryl methyl sites for hydroxylation is 1. The summed E-state index contributed by atoms with van der Waals surface area (Å²) in [5, 5.41) is 5.33. The molecule has 3 rings (SSSR count). The van der Waals surface area contributed by atoms with E-state index in [1.807, 2.05) is 28.8 Å². The number of halogens is 1. The molecule has 1 heterocycles. The number of hydrogen-bond acceptors (Lipinski definition) is 2. The highest BCUT2D eigenvalue weighted by atomic mass is 19.1. The zero-order valence-corrected chi connectivity index (χ0v) is 12.7. The Balaban J connectivity index is 1.83. The number of fused-ring (bicyclic) bond motifs is 1. The van der Waals surface area contributed by atoms with Crippen molar-refractivity contribution in [3.8, 4) is 0 Å². The van der Waals surface area contributed by atoms with Gasteiger partial charge in [0.1, 0.15) is 5.82 Å². The summed E-state index contributed by atoms with van der Waals surface area (Å²) in [6.07, 6.45) is 0.917. The summed E-state index contributed by atoms with van der Waals surface area (Å²) in [5.41, 5.74) is 2.18. The zero-order chi connectivity index (χ0) is 16.2. The zero-order valence-electron chi connectivity index (χ0n) is 12.7. The van der Waals surface area contributed by atoms with Crippen LogP contribution >= 0.6 is 0 Å². The minimum Gasteiger partial charge on any atom is -0.310 e. The average Bonchev–Trinajstić information content (AvgIpc) is 2.85. The Morgan fingerprint density at radius 2 is 2.00 bits per heavy atom. The van der Waals surface area contributed by atoms with Crippen molar-refractivity contribution in [3.05, 3.63) is 54.3 Å². The lowest BCUT2D eigenvalue weighted by atomic mass is 10.3. The lowest BCUT2D eigenvalue weighted by Crippen LogP contribution is -2.22. The maximum atomic E-state index is 13.2. The molecule has 0 aliphatic rings. The van der Waals surface area contributed by atoms with Gasteiger partial charge in [0.05, 0.1) is 11.0 Å². The van der Waals surface area contributed by atoms with E-state index in [9.17, 15) is 9.18 Å².